The molecule has 0 amide bonds. The van der Waals surface area contributed by atoms with Crippen LogP contribution in [0.3, 0.4) is 0 Å². The third-order valence-corrected chi connectivity index (χ3v) is 36.0. The van der Waals surface area contributed by atoms with Crippen LogP contribution in [0.1, 0.15) is 312 Å². The monoisotopic (exact) mass is 1920 g/mol. The lowest BCUT2D eigenvalue weighted by molar-refractivity contribution is 0.217. The Balaban J connectivity index is 0.000000109. The molecule has 144 heavy (non-hydrogen) atoms. The first-order chi connectivity index (χ1) is 77.0. The Morgan fingerprint density at radius 3 is 0.875 bits per heavy atom. The maximum atomic E-state index is 9.81. The number of hydrogen-bond acceptors (Lipinski definition) is 10. The lowest BCUT2D eigenvalue weighted by Gasteiger charge is -2.43. The van der Waals surface area contributed by atoms with Gasteiger partial charge in [0.2, 0.25) is 0 Å². The summed E-state index contributed by atoms with van der Waals surface area (Å²) in [5.74, 6) is 0.331. The van der Waals surface area contributed by atoms with Crippen molar-refractivity contribution in [1.82, 2.24) is 0 Å². The van der Waals surface area contributed by atoms with E-state index in [9.17, 15) is 1.37 Å². The summed E-state index contributed by atoms with van der Waals surface area (Å²) in [6.07, 6.45) is 21.2. The van der Waals surface area contributed by atoms with Gasteiger partial charge in [0.15, 0.2) is 0 Å². The molecular weight excluding hydrogens is 1750 g/mol. The van der Waals surface area contributed by atoms with Crippen molar-refractivity contribution in [3.8, 4) is 0 Å². The Morgan fingerprint density at radius 2 is 0.493 bits per heavy atom. The number of anilines is 10. The van der Waals surface area contributed by atoms with Crippen LogP contribution in [0.5, 0.6) is 0 Å². The average molecular weight is 1920 g/mol. The average Bonchev–Trinajstić information content (AvgIpc) is 1.47. The first-order valence-electron chi connectivity index (χ1n) is 62.4. The van der Waals surface area contributed by atoms with Gasteiger partial charge in [-0.3, -0.25) is 0 Å². The van der Waals surface area contributed by atoms with E-state index in [2.05, 4.69) is 241 Å². The van der Waals surface area contributed by atoms with Gasteiger partial charge in [-0.05, 0) is 325 Å². The Morgan fingerprint density at radius 1 is 0.229 bits per heavy atom. The molecule has 10 nitrogen and oxygen atoms in total. The summed E-state index contributed by atoms with van der Waals surface area (Å²) in [6, 6.07) is 104. The van der Waals surface area contributed by atoms with E-state index in [-0.39, 0.29) is 22.2 Å². The largest absolute Gasteiger partial charge is 0.322 e. The first-order valence-corrected chi connectivity index (χ1v) is 53.9. The highest BCUT2D eigenvalue weighted by Gasteiger charge is 2.64. The molecule has 10 heteroatoms. The molecule has 0 radical (unpaired) electrons. The number of fused-ring (bicyclic) bond motifs is 15. The van der Waals surface area contributed by atoms with Crippen LogP contribution in [0.25, 0.3) is 0 Å². The highest BCUT2D eigenvalue weighted by Crippen LogP contribution is 2.69. The van der Waals surface area contributed by atoms with Gasteiger partial charge in [0, 0.05) is 137 Å². The molecule has 12 aromatic carbocycles. The quantitative estimate of drug-likeness (QED) is 0.118. The number of rotatable bonds is 12. The number of nitrogens with zero attached hydrogens (tertiary/aromatic N) is 10. The SMILES string of the molecule is [2H]C([2H])([2H])C1N(c2ccccc2C)C(C)=C2N1c1ccccc1C2(C1CCCC1)C1CCCC1.[2H]C([2H])([2H])C1N(c2ccccc2C)C(C)=C2N1c1ccccc1C2([2H])C1CCCC1.[2H]C([2H])([2H])C1N(c2ccccc2C)C(C)=C2N1c1ccccc1C2(c1ccccc1)C1CCCC1.[2H]C([2H])([2H])C1N(c2ccccc2C)C(C)=C2N1c1ccccc1C2(c1ccccc1)C1CCCCC1.[2H]C1(C)C2=C(C)N(c3ccccc3C)C(C([2H])([2H])[2H])N2c2ccccc21. The van der Waals surface area contributed by atoms with Crippen LogP contribution >= 0.6 is 0 Å². The zero-order valence-electron chi connectivity index (χ0n) is 103. The molecule has 5 saturated carbocycles. The van der Waals surface area contributed by atoms with Gasteiger partial charge in [0.05, 0.1) is 27.9 Å². The Bertz CT molecular complexity index is 7730. The summed E-state index contributed by atoms with van der Waals surface area (Å²) in [7, 11) is 0. The summed E-state index contributed by atoms with van der Waals surface area (Å²) >= 11 is 0. The minimum atomic E-state index is -2.24. The maximum absolute atomic E-state index is 9.81. The van der Waals surface area contributed by atoms with Crippen molar-refractivity contribution in [2.45, 2.75) is 304 Å². The van der Waals surface area contributed by atoms with Crippen molar-refractivity contribution in [1.29, 1.82) is 0 Å². The van der Waals surface area contributed by atoms with Crippen molar-refractivity contribution in [2.75, 3.05) is 49.0 Å². The van der Waals surface area contributed by atoms with Crippen molar-refractivity contribution in [3.05, 3.63) is 427 Å². The van der Waals surface area contributed by atoms with E-state index in [1.54, 1.807) is 0 Å². The van der Waals surface area contributed by atoms with Gasteiger partial charge in [-0.15, -0.1) is 0 Å². The van der Waals surface area contributed by atoms with E-state index in [0.717, 1.165) is 198 Å². The van der Waals surface area contributed by atoms with Gasteiger partial charge < -0.3 is 49.0 Å². The van der Waals surface area contributed by atoms with Gasteiger partial charge in [-0.25, -0.2) is 0 Å². The second-order valence-electron chi connectivity index (χ2n) is 43.3. The highest BCUT2D eigenvalue weighted by molar-refractivity contribution is 5.87. The molecule has 10 heterocycles. The van der Waals surface area contributed by atoms with Crippen LogP contribution in [-0.4, -0.2) is 30.8 Å². The predicted octanol–water partition coefficient (Wildman–Crippen LogP) is 33.9. The number of hydrogen-bond donors (Lipinski definition) is 0. The van der Waals surface area contributed by atoms with Gasteiger partial charge in [0.25, 0.3) is 0 Å². The molecular formula is C134H152N10. The number of para-hydroxylation sites is 10. The van der Waals surface area contributed by atoms with E-state index < -0.39 is 76.9 Å². The fourth-order valence-electron chi connectivity index (χ4n) is 30.1. The molecule has 738 valence electrons. The molecule has 0 N–H and O–H groups in total. The minimum Gasteiger partial charge on any atom is -0.322 e. The smallest absolute Gasteiger partial charge is 0.108 e. The normalized spacial score (nSPS) is 28.0. The Labute approximate surface area is 885 Å². The number of aryl methyl sites for hydroxylation is 5. The summed E-state index contributed by atoms with van der Waals surface area (Å²) in [4.78, 5) is 20.7. The molecule has 0 saturated heterocycles. The van der Waals surface area contributed by atoms with E-state index in [0.29, 0.717) is 23.7 Å². The van der Waals surface area contributed by atoms with Crippen molar-refractivity contribution in [3.63, 3.8) is 0 Å². The summed E-state index contributed by atoms with van der Waals surface area (Å²) in [5, 5.41) is 0. The van der Waals surface area contributed by atoms with Crippen molar-refractivity contribution in [2.24, 2.45) is 29.6 Å². The third-order valence-electron chi connectivity index (χ3n) is 36.0. The Kier molecular flexibility index (Phi) is 20.5. The van der Waals surface area contributed by atoms with Crippen LogP contribution in [0.15, 0.2) is 360 Å². The first kappa shape index (κ1) is 76.9. The minimum absolute atomic E-state index is 0.0748. The van der Waals surface area contributed by atoms with Crippen LogP contribution in [0.4, 0.5) is 56.9 Å². The maximum Gasteiger partial charge on any atom is 0.108 e. The molecule has 5 aliphatic carbocycles. The Hall–Kier alpha value is -12.7. The van der Waals surface area contributed by atoms with E-state index in [4.69, 9.17) is 21.9 Å². The van der Waals surface area contributed by atoms with Crippen LogP contribution < -0.4 is 49.0 Å². The topological polar surface area (TPSA) is 32.4 Å². The van der Waals surface area contributed by atoms with Crippen LogP contribution in [-0.2, 0) is 16.2 Å². The number of allylic oxidation sites excluding steroid dienone is 10. The highest BCUT2D eigenvalue weighted by atomic mass is 15.5. The zero-order chi connectivity index (χ0) is 113. The van der Waals surface area contributed by atoms with Crippen LogP contribution in [0.2, 0.25) is 0 Å². The molecule has 10 aliphatic heterocycles. The lowest BCUT2D eigenvalue weighted by Crippen LogP contribution is -2.43. The van der Waals surface area contributed by atoms with E-state index in [1.165, 1.54) is 117 Å². The molecule has 27 rings (SSSR count). The molecule has 0 bridgehead atoms. The predicted molar refractivity (Wildman–Crippen MR) is 605 cm³/mol. The van der Waals surface area contributed by atoms with Crippen molar-refractivity contribution < 1.29 is 23.3 Å². The second kappa shape index (κ2) is 38.4. The molecule has 12 aromatic rings. The molecule has 15 aliphatic rings. The molecule has 5 fully saturated rings. The third kappa shape index (κ3) is 14.6. The van der Waals surface area contributed by atoms with E-state index in [1.807, 2.05) is 188 Å². The molecule has 0 spiro atoms. The standard InChI is InChI=1S/C31H34N2.C30H32N2.C29H36N2.C24H28N2.C20H22N2/c1-22-14-10-12-20-28(22)32-23(2)30-31(25-15-6-4-7-16-25,26-17-8-5-9-18-26)27-19-11-13-21-29(27)33(30)24(32)3;1-21-13-7-11-19-27(21)31-22(2)29-30(25-16-8-9-17-25,24-14-5-4-6-15-24)26-18-10-12-20-28(26)32(29)23(31)3;1-20-12-4-10-18-26(20)30-21(2)28-29(23-13-5-6-14-23,24-15-7-8-16-24)25-17-9-11-19-27(25)31(28)22(30)3;1-16-10-4-8-14-21(16)25-17(2)24-23(19-11-5-6-12-19)20-13-7-9-15-22(20)26(24)18(25)3;1-13-9-5-7-11-18(13)21-15(3)20-14(2)17-10-6-8-12-19(17)22(20)16(21)4/h4,6-7,10-16,19-21,24,26H,5,8-9,17-18H2,1-3H3;4-7,10-15,18-20,23,25H,8-9,16-17H2,1-3H3;4,9-12,17-19,22-24H,5-8,13-16H2,1-3H3;4,7-10,13-15,18-19,23H,5-6,11-12H2,1-3H3;5-12,14,16H,1-4H3/i3*3D3;3D3,23D;4D3,14D. The molecule has 9 unspecified atom stereocenters. The van der Waals surface area contributed by atoms with E-state index >= 15 is 0 Å². The van der Waals surface area contributed by atoms with Gasteiger partial charge >= 0.3 is 0 Å². The molecule has 9 atom stereocenters. The zero-order valence-corrected chi connectivity index (χ0v) is 86.0. The van der Waals surface area contributed by atoms with Gasteiger partial charge in [-0.2, -0.15) is 0 Å². The van der Waals surface area contributed by atoms with Crippen molar-refractivity contribution >= 4 is 56.9 Å². The fraction of sp³-hybridized carbons (Fsp3) is 0.388. The lowest BCUT2D eigenvalue weighted by atomic mass is 9.60. The second-order valence-corrected chi connectivity index (χ2v) is 43.3. The summed E-state index contributed by atoms with van der Waals surface area (Å²) in [6.45, 7) is 11.5. The number of benzene rings is 12. The van der Waals surface area contributed by atoms with Gasteiger partial charge in [0.1, 0.15) is 30.8 Å². The fourth-order valence-corrected chi connectivity index (χ4v) is 30.1. The summed E-state index contributed by atoms with van der Waals surface area (Å²) < 4.78 is 148. The summed E-state index contributed by atoms with van der Waals surface area (Å²) in [5.41, 5.74) is 32.7. The van der Waals surface area contributed by atoms with Crippen LogP contribution in [0, 0.1) is 64.2 Å². The van der Waals surface area contributed by atoms with Gasteiger partial charge in [-0.1, -0.05) is 320 Å². The molecule has 0 aromatic heterocycles.